The lowest BCUT2D eigenvalue weighted by Crippen LogP contribution is -2.01. The Labute approximate surface area is 101 Å². The largest absolute Gasteiger partial charge is 0.494 e. The lowest BCUT2D eigenvalue weighted by molar-refractivity contribution is -0.117. The third-order valence-electron chi connectivity index (χ3n) is 2.95. The third-order valence-corrected chi connectivity index (χ3v) is 2.95. The summed E-state index contributed by atoms with van der Waals surface area (Å²) in [5.74, 6) is 1.11. The quantitative estimate of drug-likeness (QED) is 0.733. The van der Waals surface area contributed by atoms with E-state index in [1.165, 1.54) is 0 Å². The van der Waals surface area contributed by atoms with Gasteiger partial charge in [-0.3, -0.25) is 4.79 Å². The molecule has 17 heavy (non-hydrogen) atoms. The topological polar surface area (TPSA) is 43.4 Å². The van der Waals surface area contributed by atoms with Crippen molar-refractivity contribution in [3.63, 3.8) is 0 Å². The number of fused-ring (bicyclic) bond motifs is 1. The van der Waals surface area contributed by atoms with Crippen LogP contribution in [0.15, 0.2) is 18.2 Å². The smallest absolute Gasteiger partial charge is 0.163 e. The molecule has 0 spiro atoms. The van der Waals surface area contributed by atoms with E-state index < -0.39 is 0 Å². The number of hydrogen-bond acceptors (Lipinski definition) is 3. The van der Waals surface area contributed by atoms with Crippen LogP contribution in [0.2, 0.25) is 0 Å². The maximum absolute atomic E-state index is 11.5. The van der Waals surface area contributed by atoms with Crippen LogP contribution in [0.1, 0.15) is 42.1 Å². The molecule has 0 radical (unpaired) electrons. The number of benzene rings is 1. The van der Waals surface area contributed by atoms with Gasteiger partial charge in [0.05, 0.1) is 6.61 Å². The number of carbonyl (C=O) groups excluding carboxylic acids is 2. The van der Waals surface area contributed by atoms with Crippen LogP contribution >= 0.6 is 0 Å². The molecule has 1 aliphatic rings. The molecule has 0 saturated heterocycles. The predicted octanol–water partition coefficient (Wildman–Crippen LogP) is 2.56. The summed E-state index contributed by atoms with van der Waals surface area (Å²) >= 11 is 0. The first-order valence-electron chi connectivity index (χ1n) is 5.95. The van der Waals surface area contributed by atoms with Crippen LogP contribution in [-0.4, -0.2) is 18.2 Å². The molecule has 0 unspecified atom stereocenters. The van der Waals surface area contributed by atoms with Gasteiger partial charge in [0.25, 0.3) is 0 Å². The van der Waals surface area contributed by atoms with Crippen molar-refractivity contribution < 1.29 is 14.3 Å². The van der Waals surface area contributed by atoms with Gasteiger partial charge in [-0.15, -0.1) is 0 Å². The van der Waals surface area contributed by atoms with Crippen molar-refractivity contribution in [2.24, 2.45) is 0 Å². The van der Waals surface area contributed by atoms with Crippen molar-refractivity contribution >= 4 is 11.6 Å². The summed E-state index contributed by atoms with van der Waals surface area (Å²) in [5.41, 5.74) is 1.92. The maximum Gasteiger partial charge on any atom is 0.163 e. The number of Topliss-reactive ketones (excluding diaryl/α,β-unsaturated/α-hetero) is 2. The normalized spacial score (nSPS) is 13.6. The van der Waals surface area contributed by atoms with Gasteiger partial charge in [0.2, 0.25) is 0 Å². The lowest BCUT2D eigenvalue weighted by atomic mass is 10.1. The number of ether oxygens (including phenoxy) is 1. The molecular weight excluding hydrogens is 216 g/mol. The Morgan fingerprint density at radius 3 is 2.94 bits per heavy atom. The molecule has 0 saturated carbocycles. The van der Waals surface area contributed by atoms with E-state index in [1.54, 1.807) is 6.92 Å². The maximum atomic E-state index is 11.5. The van der Waals surface area contributed by atoms with E-state index in [0.717, 1.165) is 29.7 Å². The molecule has 0 aliphatic heterocycles. The molecule has 0 N–H and O–H groups in total. The second-order valence-electron chi connectivity index (χ2n) is 4.40. The van der Waals surface area contributed by atoms with Crippen LogP contribution in [0.5, 0.6) is 5.75 Å². The second-order valence-corrected chi connectivity index (χ2v) is 4.40. The Bertz CT molecular complexity index is 449. The van der Waals surface area contributed by atoms with Crippen LogP contribution in [-0.2, 0) is 11.2 Å². The van der Waals surface area contributed by atoms with Gasteiger partial charge in [0, 0.05) is 18.4 Å². The Balaban J connectivity index is 1.92. The highest BCUT2D eigenvalue weighted by Gasteiger charge is 2.19. The average Bonchev–Trinajstić information content (AvgIpc) is 2.66. The van der Waals surface area contributed by atoms with E-state index in [2.05, 4.69) is 0 Å². The minimum absolute atomic E-state index is 0.178. The van der Waals surface area contributed by atoms with Crippen LogP contribution < -0.4 is 4.74 Å². The number of carbonyl (C=O) groups is 2. The van der Waals surface area contributed by atoms with Crippen molar-refractivity contribution in [3.8, 4) is 5.75 Å². The van der Waals surface area contributed by atoms with E-state index in [-0.39, 0.29) is 11.6 Å². The summed E-state index contributed by atoms with van der Waals surface area (Å²) in [7, 11) is 0. The fraction of sp³-hybridized carbons (Fsp3) is 0.429. The van der Waals surface area contributed by atoms with Gasteiger partial charge < -0.3 is 9.53 Å². The van der Waals surface area contributed by atoms with Crippen molar-refractivity contribution in [1.82, 2.24) is 0 Å². The monoisotopic (exact) mass is 232 g/mol. The van der Waals surface area contributed by atoms with E-state index in [1.807, 2.05) is 18.2 Å². The van der Waals surface area contributed by atoms with Crippen molar-refractivity contribution in [2.75, 3.05) is 6.61 Å². The highest BCUT2D eigenvalue weighted by molar-refractivity contribution is 6.00. The Morgan fingerprint density at radius 1 is 1.35 bits per heavy atom. The number of hydrogen-bond donors (Lipinski definition) is 0. The van der Waals surface area contributed by atoms with Gasteiger partial charge >= 0.3 is 0 Å². The van der Waals surface area contributed by atoms with Crippen LogP contribution in [0, 0.1) is 0 Å². The zero-order chi connectivity index (χ0) is 12.3. The predicted molar refractivity (Wildman–Crippen MR) is 64.5 cm³/mol. The summed E-state index contributed by atoms with van der Waals surface area (Å²) in [4.78, 5) is 22.3. The minimum Gasteiger partial charge on any atom is -0.494 e. The molecule has 0 atom stereocenters. The average molecular weight is 232 g/mol. The minimum atomic E-state index is 0.178. The van der Waals surface area contributed by atoms with Crippen LogP contribution in [0.25, 0.3) is 0 Å². The first kappa shape index (κ1) is 11.8. The van der Waals surface area contributed by atoms with Gasteiger partial charge in [-0.05, 0) is 37.5 Å². The van der Waals surface area contributed by atoms with Gasteiger partial charge in [-0.25, -0.2) is 0 Å². The summed E-state index contributed by atoms with van der Waals surface area (Å²) in [6.07, 6.45) is 2.73. The standard InChI is InChI=1S/C14H16O3/c1-10(15)3-2-8-17-12-6-4-11-5-7-14(16)13(11)9-12/h4,6,9H,2-3,5,7-8H2,1H3. The fourth-order valence-corrected chi connectivity index (χ4v) is 2.02. The molecule has 3 heteroatoms. The number of aryl methyl sites for hydroxylation is 1. The second kappa shape index (κ2) is 5.13. The molecule has 90 valence electrons. The zero-order valence-electron chi connectivity index (χ0n) is 9.99. The molecule has 1 aromatic rings. The first-order valence-corrected chi connectivity index (χ1v) is 5.95. The van der Waals surface area contributed by atoms with Crippen molar-refractivity contribution in [2.45, 2.75) is 32.6 Å². The van der Waals surface area contributed by atoms with E-state index in [4.69, 9.17) is 4.74 Å². The van der Waals surface area contributed by atoms with Crippen molar-refractivity contribution in [1.29, 1.82) is 0 Å². The molecule has 2 rings (SSSR count). The lowest BCUT2D eigenvalue weighted by Gasteiger charge is -2.06. The summed E-state index contributed by atoms with van der Waals surface area (Å²) in [5, 5.41) is 0. The molecule has 3 nitrogen and oxygen atoms in total. The number of rotatable bonds is 5. The molecule has 0 heterocycles. The highest BCUT2D eigenvalue weighted by Crippen LogP contribution is 2.26. The van der Waals surface area contributed by atoms with E-state index in [0.29, 0.717) is 19.4 Å². The molecule has 0 fully saturated rings. The van der Waals surface area contributed by atoms with Gasteiger partial charge in [0.1, 0.15) is 11.5 Å². The molecule has 0 aromatic heterocycles. The van der Waals surface area contributed by atoms with Gasteiger partial charge in [0.15, 0.2) is 5.78 Å². The summed E-state index contributed by atoms with van der Waals surface area (Å²) in [6.45, 7) is 2.10. The molecular formula is C14H16O3. The molecule has 1 aromatic carbocycles. The first-order chi connectivity index (χ1) is 8.16. The molecule has 1 aliphatic carbocycles. The van der Waals surface area contributed by atoms with E-state index >= 15 is 0 Å². The third kappa shape index (κ3) is 2.93. The van der Waals surface area contributed by atoms with Crippen molar-refractivity contribution in [3.05, 3.63) is 29.3 Å². The van der Waals surface area contributed by atoms with Crippen LogP contribution in [0.4, 0.5) is 0 Å². The SMILES string of the molecule is CC(=O)CCCOc1ccc2c(c1)C(=O)CC2. The van der Waals surface area contributed by atoms with Gasteiger partial charge in [-0.2, -0.15) is 0 Å². The summed E-state index contributed by atoms with van der Waals surface area (Å²) < 4.78 is 5.53. The molecule has 0 amide bonds. The number of ketones is 2. The summed E-state index contributed by atoms with van der Waals surface area (Å²) in [6, 6.07) is 5.67. The highest BCUT2D eigenvalue weighted by atomic mass is 16.5. The van der Waals surface area contributed by atoms with Gasteiger partial charge in [-0.1, -0.05) is 6.07 Å². The van der Waals surface area contributed by atoms with E-state index in [9.17, 15) is 9.59 Å². The van der Waals surface area contributed by atoms with Crippen LogP contribution in [0.3, 0.4) is 0 Å². The Hall–Kier alpha value is -1.64. The fourth-order valence-electron chi connectivity index (χ4n) is 2.02. The molecule has 0 bridgehead atoms. The Morgan fingerprint density at radius 2 is 2.18 bits per heavy atom. The zero-order valence-corrected chi connectivity index (χ0v) is 9.99. The Kier molecular flexibility index (Phi) is 3.57.